The van der Waals surface area contributed by atoms with Crippen LogP contribution < -0.4 is 5.32 Å². The van der Waals surface area contributed by atoms with Gasteiger partial charge in [0.25, 0.3) is 0 Å². The molecule has 1 N–H and O–H groups in total. The molecule has 2 nitrogen and oxygen atoms in total. The van der Waals surface area contributed by atoms with Crippen LogP contribution in [0.15, 0.2) is 60.7 Å². The van der Waals surface area contributed by atoms with Crippen molar-refractivity contribution in [2.45, 2.75) is 20.4 Å². The highest BCUT2D eigenvalue weighted by molar-refractivity contribution is 6.00. The van der Waals surface area contributed by atoms with Gasteiger partial charge in [-0.25, -0.2) is 0 Å². The first-order valence-corrected chi connectivity index (χ1v) is 6.94. The molecule has 20 heavy (non-hydrogen) atoms. The minimum atomic E-state index is -0.407. The zero-order chi connectivity index (χ0) is 14.4. The molecule has 0 saturated carbocycles. The van der Waals surface area contributed by atoms with Crippen LogP contribution in [0.2, 0.25) is 0 Å². The van der Waals surface area contributed by atoms with Gasteiger partial charge >= 0.3 is 0 Å². The molecule has 0 heterocycles. The number of nitrogens with one attached hydrogen (secondary N) is 1. The topological polar surface area (TPSA) is 29.1 Å². The molecule has 2 aromatic rings. The Bertz CT molecular complexity index is 546. The van der Waals surface area contributed by atoms with Crippen molar-refractivity contribution in [2.75, 3.05) is 6.54 Å². The van der Waals surface area contributed by atoms with Crippen LogP contribution in [0.4, 0.5) is 0 Å². The smallest absolute Gasteiger partial charge is 0.169 e. The Balaban J connectivity index is 1.92. The van der Waals surface area contributed by atoms with Gasteiger partial charge in [-0.15, -0.1) is 0 Å². The van der Waals surface area contributed by atoms with Gasteiger partial charge in [-0.05, 0) is 5.56 Å². The quantitative estimate of drug-likeness (QED) is 0.809. The van der Waals surface area contributed by atoms with E-state index in [1.165, 1.54) is 5.56 Å². The number of carbonyl (C=O) groups excluding carboxylic acids is 1. The molecule has 0 fully saturated rings. The average molecular weight is 267 g/mol. The molecule has 0 aromatic heterocycles. The molecular formula is C18H21NO. The number of ketones is 1. The minimum absolute atomic E-state index is 0.179. The van der Waals surface area contributed by atoms with Crippen molar-refractivity contribution in [3.05, 3.63) is 71.8 Å². The van der Waals surface area contributed by atoms with E-state index in [4.69, 9.17) is 0 Å². The van der Waals surface area contributed by atoms with Crippen molar-refractivity contribution in [1.29, 1.82) is 0 Å². The summed E-state index contributed by atoms with van der Waals surface area (Å²) < 4.78 is 0. The molecule has 0 aliphatic heterocycles. The average Bonchev–Trinajstić information content (AvgIpc) is 2.48. The normalized spacial score (nSPS) is 11.3. The highest BCUT2D eigenvalue weighted by atomic mass is 16.1. The summed E-state index contributed by atoms with van der Waals surface area (Å²) in [6.45, 7) is 5.42. The number of carbonyl (C=O) groups is 1. The molecule has 0 saturated heterocycles. The van der Waals surface area contributed by atoms with Crippen LogP contribution in [0.1, 0.15) is 29.8 Å². The van der Waals surface area contributed by atoms with Crippen LogP contribution in [0.25, 0.3) is 0 Å². The van der Waals surface area contributed by atoms with Crippen molar-refractivity contribution in [3.8, 4) is 0 Å². The summed E-state index contributed by atoms with van der Waals surface area (Å²) in [7, 11) is 0. The third-order valence-electron chi connectivity index (χ3n) is 3.39. The molecule has 2 aromatic carbocycles. The third-order valence-corrected chi connectivity index (χ3v) is 3.39. The maximum absolute atomic E-state index is 12.5. The number of Topliss-reactive ketones (excluding diaryl/α,β-unsaturated/α-hetero) is 1. The van der Waals surface area contributed by atoms with Gasteiger partial charge in [0.05, 0.1) is 0 Å². The van der Waals surface area contributed by atoms with E-state index in [0.29, 0.717) is 6.54 Å². The molecular weight excluding hydrogens is 246 g/mol. The van der Waals surface area contributed by atoms with E-state index in [2.05, 4.69) is 17.4 Å². The Morgan fingerprint density at radius 1 is 0.950 bits per heavy atom. The van der Waals surface area contributed by atoms with Crippen LogP contribution in [0.5, 0.6) is 0 Å². The summed E-state index contributed by atoms with van der Waals surface area (Å²) in [6.07, 6.45) is 0. The highest BCUT2D eigenvalue weighted by Crippen LogP contribution is 2.21. The lowest BCUT2D eigenvalue weighted by Crippen LogP contribution is -2.36. The zero-order valence-corrected chi connectivity index (χ0v) is 12.1. The van der Waals surface area contributed by atoms with Gasteiger partial charge in [0.1, 0.15) is 0 Å². The lowest BCUT2D eigenvalue weighted by molar-refractivity contribution is 0.0836. The highest BCUT2D eigenvalue weighted by Gasteiger charge is 2.27. The molecule has 0 radical (unpaired) electrons. The second-order valence-electron chi connectivity index (χ2n) is 5.67. The summed E-state index contributed by atoms with van der Waals surface area (Å²) in [6, 6.07) is 19.7. The summed E-state index contributed by atoms with van der Waals surface area (Å²) in [5.74, 6) is 0.179. The predicted octanol–water partition coefficient (Wildman–Crippen LogP) is 3.69. The fourth-order valence-corrected chi connectivity index (χ4v) is 2.18. The van der Waals surface area contributed by atoms with Gasteiger partial charge in [0.15, 0.2) is 5.78 Å². The maximum Gasteiger partial charge on any atom is 0.169 e. The molecule has 0 bridgehead atoms. The molecule has 0 amide bonds. The van der Waals surface area contributed by atoms with Crippen LogP contribution in [-0.2, 0) is 6.54 Å². The molecule has 0 aliphatic rings. The Labute approximate surface area is 120 Å². The number of rotatable bonds is 6. The van der Waals surface area contributed by atoms with Crippen molar-refractivity contribution in [3.63, 3.8) is 0 Å². The number of hydrogen-bond acceptors (Lipinski definition) is 2. The fraction of sp³-hybridized carbons (Fsp3) is 0.278. The second kappa shape index (κ2) is 6.49. The third kappa shape index (κ3) is 3.78. The molecule has 0 aliphatic carbocycles. The number of benzene rings is 2. The maximum atomic E-state index is 12.5. The SMILES string of the molecule is CC(C)(CNCc1ccccc1)C(=O)c1ccccc1. The lowest BCUT2D eigenvalue weighted by Gasteiger charge is -2.23. The van der Waals surface area contributed by atoms with Crippen molar-refractivity contribution in [2.24, 2.45) is 5.41 Å². The Kier molecular flexibility index (Phi) is 4.70. The Hall–Kier alpha value is -1.93. The second-order valence-corrected chi connectivity index (χ2v) is 5.67. The molecule has 0 unspecified atom stereocenters. The summed E-state index contributed by atoms with van der Waals surface area (Å²) in [5, 5.41) is 3.37. The largest absolute Gasteiger partial charge is 0.312 e. The Morgan fingerprint density at radius 2 is 1.50 bits per heavy atom. The summed E-state index contributed by atoms with van der Waals surface area (Å²) in [4.78, 5) is 12.5. The fourth-order valence-electron chi connectivity index (χ4n) is 2.18. The molecule has 0 spiro atoms. The van der Waals surface area contributed by atoms with E-state index < -0.39 is 5.41 Å². The standard InChI is InChI=1S/C18H21NO/c1-18(2,17(20)16-11-7-4-8-12-16)14-19-13-15-9-5-3-6-10-15/h3-12,19H,13-14H2,1-2H3. The first-order valence-electron chi connectivity index (χ1n) is 6.94. The van der Waals surface area contributed by atoms with Crippen molar-refractivity contribution >= 4 is 5.78 Å². The molecule has 2 heteroatoms. The van der Waals surface area contributed by atoms with Gasteiger partial charge in [-0.3, -0.25) is 4.79 Å². The summed E-state index contributed by atoms with van der Waals surface area (Å²) >= 11 is 0. The minimum Gasteiger partial charge on any atom is -0.312 e. The monoisotopic (exact) mass is 267 g/mol. The van der Waals surface area contributed by atoms with Crippen LogP contribution in [-0.4, -0.2) is 12.3 Å². The molecule has 0 atom stereocenters. The summed E-state index contributed by atoms with van der Waals surface area (Å²) in [5.41, 5.74) is 1.60. The first kappa shape index (κ1) is 14.5. The van der Waals surface area contributed by atoms with Gasteiger partial charge in [-0.2, -0.15) is 0 Å². The number of hydrogen-bond donors (Lipinski definition) is 1. The Morgan fingerprint density at radius 3 is 2.10 bits per heavy atom. The van der Waals surface area contributed by atoms with E-state index in [9.17, 15) is 4.79 Å². The van der Waals surface area contributed by atoms with Gasteiger partial charge in [0, 0.05) is 24.1 Å². The van der Waals surface area contributed by atoms with Gasteiger partial charge < -0.3 is 5.32 Å². The molecule has 104 valence electrons. The van der Waals surface area contributed by atoms with E-state index >= 15 is 0 Å². The van der Waals surface area contributed by atoms with E-state index in [1.807, 2.05) is 62.4 Å². The van der Waals surface area contributed by atoms with Gasteiger partial charge in [0.2, 0.25) is 0 Å². The van der Waals surface area contributed by atoms with Gasteiger partial charge in [-0.1, -0.05) is 74.5 Å². The van der Waals surface area contributed by atoms with Crippen molar-refractivity contribution in [1.82, 2.24) is 5.32 Å². The first-order chi connectivity index (χ1) is 9.59. The van der Waals surface area contributed by atoms with E-state index in [0.717, 1.165) is 12.1 Å². The van der Waals surface area contributed by atoms with E-state index in [-0.39, 0.29) is 5.78 Å². The lowest BCUT2D eigenvalue weighted by atomic mass is 9.84. The van der Waals surface area contributed by atoms with E-state index in [1.54, 1.807) is 0 Å². The van der Waals surface area contributed by atoms with Crippen molar-refractivity contribution < 1.29 is 4.79 Å². The molecule has 2 rings (SSSR count). The van der Waals surface area contributed by atoms with Crippen LogP contribution in [0.3, 0.4) is 0 Å². The van der Waals surface area contributed by atoms with Crippen LogP contribution in [0, 0.1) is 5.41 Å². The zero-order valence-electron chi connectivity index (χ0n) is 12.1. The van der Waals surface area contributed by atoms with Crippen LogP contribution >= 0.6 is 0 Å². The predicted molar refractivity (Wildman–Crippen MR) is 82.7 cm³/mol.